The van der Waals surface area contributed by atoms with Crippen molar-refractivity contribution in [3.63, 3.8) is 0 Å². The molecule has 1 aliphatic heterocycles. The fraction of sp³-hybridized carbons (Fsp3) is 0.178. The van der Waals surface area contributed by atoms with Gasteiger partial charge in [-0.15, -0.1) is 0 Å². The summed E-state index contributed by atoms with van der Waals surface area (Å²) in [4.78, 5) is 10.9. The molecule has 9 aromatic rings. The van der Waals surface area contributed by atoms with Crippen LogP contribution >= 0.6 is 0 Å². The highest BCUT2D eigenvalue weighted by Crippen LogP contribution is 2.49. The van der Waals surface area contributed by atoms with Crippen LogP contribution in [-0.4, -0.2) is 20.8 Å². The molecule has 1 N–H and O–H groups in total. The predicted molar refractivity (Wildman–Crippen MR) is 328 cm³/mol. The molecule has 2 aromatic heterocycles. The Kier molecular flexibility index (Phi) is 12.0. The lowest BCUT2D eigenvalue weighted by atomic mass is 9.73. The molecular weight excluding hydrogens is 947 g/mol. The molecule has 4 aliphatic carbocycles. The predicted octanol–water partition coefficient (Wildman–Crippen LogP) is 18.1. The Morgan fingerprint density at radius 2 is 1.18 bits per heavy atom. The number of fused-ring (bicyclic) bond motifs is 6. The third-order valence-electron chi connectivity index (χ3n) is 16.9. The van der Waals surface area contributed by atoms with Crippen molar-refractivity contribution in [3.8, 4) is 5.69 Å². The van der Waals surface area contributed by atoms with E-state index in [0.29, 0.717) is 5.92 Å². The standard InChI is InChI=1S/C73H63N5/c1-73(2,3)57-40-42-67-63(46-57)64-47-58(77-65-30-18-16-28-59(65)60-29-17-19-31-66(60)77)41-43-68(64)78(67)69-61(52-36-32-50(33-37-52)48-20-8-4-9-21-48)44-56(45-62(69)53-38-34-51(35-39-53)49-22-10-5-11-23-49)72-75-70(54-24-12-6-13-25-54)74-71(76-72)55-26-14-7-15-27-55/h4-6,8-14,16-34,36,38-43,45-47,51-52,61,70H,7,15,35,37,44H2,1-3H3,(H,74,75,76)/t51?,52-,61-,70?/m1/s1. The first-order valence-corrected chi connectivity index (χ1v) is 28.1. The number of nitrogens with zero attached hydrogens (tertiary/aromatic N) is 4. The average Bonchev–Trinajstić information content (AvgIpc) is 4.10. The second-order valence-electron chi connectivity index (χ2n) is 22.7. The first-order chi connectivity index (χ1) is 38.3. The number of hydrogen-bond donors (Lipinski definition) is 1. The molecule has 5 heteroatoms. The first-order valence-electron chi connectivity index (χ1n) is 28.1. The highest BCUT2D eigenvalue weighted by molar-refractivity contribution is 6.16. The summed E-state index contributed by atoms with van der Waals surface area (Å²) in [6.45, 7) is 7.00. The number of para-hydroxylation sites is 2. The lowest BCUT2D eigenvalue weighted by Gasteiger charge is -2.37. The lowest BCUT2D eigenvalue weighted by Crippen LogP contribution is -2.36. The number of hydrogen-bond acceptors (Lipinski definition) is 3. The Balaban J connectivity index is 1.02. The van der Waals surface area contributed by atoms with E-state index in [-0.39, 0.29) is 23.4 Å². The van der Waals surface area contributed by atoms with Gasteiger partial charge in [0, 0.05) is 55.9 Å². The third-order valence-corrected chi connectivity index (χ3v) is 16.9. The van der Waals surface area contributed by atoms with Crippen molar-refractivity contribution in [2.75, 3.05) is 0 Å². The highest BCUT2D eigenvalue weighted by Gasteiger charge is 2.37. The summed E-state index contributed by atoms with van der Waals surface area (Å²) in [7, 11) is 0. The molecule has 0 amide bonds. The van der Waals surface area contributed by atoms with Crippen LogP contribution in [0, 0.1) is 11.8 Å². The maximum absolute atomic E-state index is 5.53. The van der Waals surface area contributed by atoms with Gasteiger partial charge < -0.3 is 14.5 Å². The SMILES string of the molecule is CC(C)(C)c1ccc2c(c1)c1cc(-n3c4ccccc4c4ccccc43)ccc1n2C1=C(C2=CCC(c3ccccc3)C=C2)C=C(C2=NC(C3=CCCC=C3)=NC(c3ccccc3)N2)C[C@@H]1[C@@H]1C=CC(c2ccccc2)=CC1. The van der Waals surface area contributed by atoms with Gasteiger partial charge in [0.2, 0.25) is 0 Å². The normalized spacial score (nSPS) is 20.6. The van der Waals surface area contributed by atoms with Crippen molar-refractivity contribution >= 4 is 66.6 Å². The van der Waals surface area contributed by atoms with Gasteiger partial charge in [-0.05, 0) is 131 Å². The molecule has 7 aromatic carbocycles. The van der Waals surface area contributed by atoms with Crippen LogP contribution in [0.5, 0.6) is 0 Å². The van der Waals surface area contributed by atoms with Crippen LogP contribution in [0.25, 0.3) is 60.6 Å². The van der Waals surface area contributed by atoms with E-state index in [1.54, 1.807) is 0 Å². The maximum Gasteiger partial charge on any atom is 0.159 e. The van der Waals surface area contributed by atoms with Crippen LogP contribution < -0.4 is 5.32 Å². The summed E-state index contributed by atoms with van der Waals surface area (Å²) in [6, 6.07) is 64.7. The average molecular weight is 1010 g/mol. The lowest BCUT2D eigenvalue weighted by molar-refractivity contribution is 0.472. The number of aliphatic imine (C=N–C) groups is 2. The van der Waals surface area contributed by atoms with E-state index in [2.05, 4.69) is 272 Å². The van der Waals surface area contributed by atoms with Crippen LogP contribution in [0.4, 0.5) is 0 Å². The molecule has 0 spiro atoms. The van der Waals surface area contributed by atoms with Crippen molar-refractivity contribution in [2.45, 2.75) is 70.4 Å². The Labute approximate surface area is 457 Å². The molecule has 78 heavy (non-hydrogen) atoms. The summed E-state index contributed by atoms with van der Waals surface area (Å²) >= 11 is 0. The number of nitrogens with one attached hydrogen (secondary N) is 1. The first kappa shape index (κ1) is 47.6. The smallest absolute Gasteiger partial charge is 0.159 e. The zero-order chi connectivity index (χ0) is 52.3. The van der Waals surface area contributed by atoms with Crippen molar-refractivity contribution in [3.05, 3.63) is 281 Å². The van der Waals surface area contributed by atoms with Gasteiger partial charge in [0.05, 0.1) is 22.1 Å². The van der Waals surface area contributed by atoms with Crippen LogP contribution in [0.1, 0.15) is 87.2 Å². The summed E-state index contributed by atoms with van der Waals surface area (Å²) in [5.74, 6) is 2.21. The van der Waals surface area contributed by atoms with E-state index >= 15 is 0 Å². The molecule has 14 rings (SSSR count). The highest BCUT2D eigenvalue weighted by atomic mass is 15.2. The fourth-order valence-corrected chi connectivity index (χ4v) is 12.8. The molecule has 0 bridgehead atoms. The quantitative estimate of drug-likeness (QED) is 0.154. The molecule has 0 fully saturated rings. The van der Waals surface area contributed by atoms with E-state index in [4.69, 9.17) is 9.98 Å². The number of benzene rings is 7. The van der Waals surface area contributed by atoms with E-state index in [0.717, 1.165) is 60.6 Å². The second-order valence-corrected chi connectivity index (χ2v) is 22.7. The molecule has 0 saturated heterocycles. The fourth-order valence-electron chi connectivity index (χ4n) is 12.8. The summed E-state index contributed by atoms with van der Waals surface area (Å²) in [5.41, 5.74) is 18.3. The summed E-state index contributed by atoms with van der Waals surface area (Å²) < 4.78 is 5.14. The Morgan fingerprint density at radius 3 is 1.85 bits per heavy atom. The molecule has 0 saturated carbocycles. The molecule has 0 radical (unpaired) electrons. The number of allylic oxidation sites excluding steroid dienone is 13. The van der Waals surface area contributed by atoms with Crippen molar-refractivity contribution in [1.29, 1.82) is 0 Å². The number of amidine groups is 2. The minimum Gasteiger partial charge on any atom is -0.344 e. The molecule has 380 valence electrons. The van der Waals surface area contributed by atoms with E-state index in [9.17, 15) is 0 Å². The molecule has 5 aliphatic rings. The van der Waals surface area contributed by atoms with Gasteiger partial charge in [-0.3, -0.25) is 0 Å². The van der Waals surface area contributed by atoms with Crippen LogP contribution in [0.3, 0.4) is 0 Å². The van der Waals surface area contributed by atoms with Gasteiger partial charge in [-0.1, -0.05) is 209 Å². The molecular formula is C73H63N5. The van der Waals surface area contributed by atoms with E-state index in [1.807, 2.05) is 0 Å². The Morgan fingerprint density at radius 1 is 0.538 bits per heavy atom. The number of rotatable bonds is 9. The van der Waals surface area contributed by atoms with Gasteiger partial charge in [0.1, 0.15) is 12.0 Å². The van der Waals surface area contributed by atoms with Crippen molar-refractivity contribution in [1.82, 2.24) is 14.5 Å². The summed E-state index contributed by atoms with van der Waals surface area (Å²) in [5, 5.41) is 8.97. The zero-order valence-corrected chi connectivity index (χ0v) is 44.7. The zero-order valence-electron chi connectivity index (χ0n) is 44.7. The van der Waals surface area contributed by atoms with Crippen LogP contribution in [0.15, 0.2) is 269 Å². The van der Waals surface area contributed by atoms with Gasteiger partial charge in [0.25, 0.3) is 0 Å². The van der Waals surface area contributed by atoms with Gasteiger partial charge in [-0.2, -0.15) is 0 Å². The topological polar surface area (TPSA) is 46.6 Å². The molecule has 5 nitrogen and oxygen atoms in total. The maximum atomic E-state index is 5.53. The van der Waals surface area contributed by atoms with Crippen LogP contribution in [-0.2, 0) is 5.41 Å². The van der Waals surface area contributed by atoms with Crippen LogP contribution in [0.2, 0.25) is 0 Å². The Bertz CT molecular complexity index is 4120. The number of aromatic nitrogens is 2. The van der Waals surface area contributed by atoms with Gasteiger partial charge in [-0.25, -0.2) is 9.98 Å². The minimum absolute atomic E-state index is 0.0534. The van der Waals surface area contributed by atoms with Crippen molar-refractivity contribution < 1.29 is 0 Å². The summed E-state index contributed by atoms with van der Waals surface area (Å²) in [6.07, 6.45) is 28.3. The Hall–Kier alpha value is -8.80. The van der Waals surface area contributed by atoms with Crippen molar-refractivity contribution in [2.24, 2.45) is 21.8 Å². The third kappa shape index (κ3) is 8.59. The van der Waals surface area contributed by atoms with Gasteiger partial charge >= 0.3 is 0 Å². The monoisotopic (exact) mass is 1010 g/mol. The van der Waals surface area contributed by atoms with Gasteiger partial charge in [0.15, 0.2) is 5.84 Å². The largest absolute Gasteiger partial charge is 0.344 e. The minimum atomic E-state index is -0.289. The van der Waals surface area contributed by atoms with E-state index in [1.165, 1.54) is 88.3 Å². The molecule has 3 heterocycles. The molecule has 4 atom stereocenters. The molecule has 2 unspecified atom stereocenters. The second kappa shape index (κ2) is 19.6. The van der Waals surface area contributed by atoms with E-state index < -0.39 is 0 Å².